The quantitative estimate of drug-likeness (QED) is 0.696. The van der Waals surface area contributed by atoms with Crippen LogP contribution in [0.15, 0.2) is 0 Å². The van der Waals surface area contributed by atoms with Gasteiger partial charge in [-0.2, -0.15) is 0 Å². The van der Waals surface area contributed by atoms with Gasteiger partial charge >= 0.3 is 0 Å². The minimum absolute atomic E-state index is 0.400. The number of alkyl halides is 1. The second kappa shape index (κ2) is 4.65. The summed E-state index contributed by atoms with van der Waals surface area (Å²) in [7, 11) is 0. The summed E-state index contributed by atoms with van der Waals surface area (Å²) in [6.45, 7) is 0.899. The summed E-state index contributed by atoms with van der Waals surface area (Å²) >= 11 is 3.42. The third-order valence-corrected chi connectivity index (χ3v) is 3.68. The van der Waals surface area contributed by atoms with E-state index in [4.69, 9.17) is 0 Å². The number of hydrogen-bond acceptors (Lipinski definition) is 1. The van der Waals surface area contributed by atoms with E-state index in [0.29, 0.717) is 17.9 Å². The maximum atomic E-state index is 11.9. The summed E-state index contributed by atoms with van der Waals surface area (Å²) in [5.41, 5.74) is 0. The van der Waals surface area contributed by atoms with Crippen molar-refractivity contribution in [1.29, 1.82) is 0 Å². The van der Waals surface area contributed by atoms with E-state index in [1.807, 2.05) is 0 Å². The van der Waals surface area contributed by atoms with Gasteiger partial charge in [0.25, 0.3) is 0 Å². The van der Waals surface area contributed by atoms with Crippen molar-refractivity contribution in [3.05, 3.63) is 0 Å². The summed E-state index contributed by atoms with van der Waals surface area (Å²) in [5.74, 6) is 1.11. The van der Waals surface area contributed by atoms with E-state index in [2.05, 4.69) is 20.8 Å². The molecular weight excluding hydrogens is 242 g/mol. The number of hydrogen-bond donors (Lipinski definition) is 0. The van der Waals surface area contributed by atoms with Gasteiger partial charge in [0.05, 0.1) is 0 Å². The molecule has 0 aromatic rings. The molecule has 0 saturated heterocycles. The number of amides is 1. The van der Waals surface area contributed by atoms with E-state index in [-0.39, 0.29) is 0 Å². The van der Waals surface area contributed by atoms with Crippen LogP contribution < -0.4 is 0 Å². The van der Waals surface area contributed by atoms with Crippen LogP contribution in [0.4, 0.5) is 0 Å². The molecule has 2 fully saturated rings. The van der Waals surface area contributed by atoms with Crippen LogP contribution in [0.5, 0.6) is 0 Å². The molecule has 2 rings (SSSR count). The van der Waals surface area contributed by atoms with Crippen LogP contribution in [-0.2, 0) is 4.79 Å². The molecule has 2 nitrogen and oxygen atoms in total. The highest BCUT2D eigenvalue weighted by Gasteiger charge is 2.33. The third-order valence-electron chi connectivity index (χ3n) is 3.32. The van der Waals surface area contributed by atoms with Gasteiger partial charge in [0.15, 0.2) is 0 Å². The van der Waals surface area contributed by atoms with Crippen molar-refractivity contribution >= 4 is 21.8 Å². The second-order valence-electron chi connectivity index (χ2n) is 4.51. The second-order valence-corrected chi connectivity index (χ2v) is 5.30. The van der Waals surface area contributed by atoms with Crippen molar-refractivity contribution in [3.8, 4) is 0 Å². The summed E-state index contributed by atoms with van der Waals surface area (Å²) < 4.78 is 0. The zero-order valence-corrected chi connectivity index (χ0v) is 10.1. The zero-order valence-electron chi connectivity index (χ0n) is 8.54. The monoisotopic (exact) mass is 259 g/mol. The van der Waals surface area contributed by atoms with Crippen molar-refractivity contribution in [2.45, 2.75) is 44.6 Å². The van der Waals surface area contributed by atoms with Crippen LogP contribution in [0, 0.1) is 5.92 Å². The molecule has 0 atom stereocenters. The van der Waals surface area contributed by atoms with Crippen LogP contribution in [0.3, 0.4) is 0 Å². The van der Waals surface area contributed by atoms with Crippen LogP contribution in [0.2, 0.25) is 0 Å². The fourth-order valence-electron chi connectivity index (χ4n) is 2.05. The molecule has 1 amide bonds. The molecule has 0 aliphatic heterocycles. The van der Waals surface area contributed by atoms with Gasteiger partial charge in [-0.3, -0.25) is 4.79 Å². The Morgan fingerprint density at radius 2 is 2.00 bits per heavy atom. The van der Waals surface area contributed by atoms with E-state index in [1.165, 1.54) is 32.1 Å². The van der Waals surface area contributed by atoms with Gasteiger partial charge in [0.1, 0.15) is 0 Å². The normalized spacial score (nSPS) is 21.8. The lowest BCUT2D eigenvalue weighted by Crippen LogP contribution is -2.36. The smallest absolute Gasteiger partial charge is 0.223 e. The summed E-state index contributed by atoms with van der Waals surface area (Å²) in [6, 6.07) is 0.583. The predicted molar refractivity (Wildman–Crippen MR) is 60.5 cm³/mol. The third kappa shape index (κ3) is 2.50. The lowest BCUT2D eigenvalue weighted by atomic mass is 9.82. The summed E-state index contributed by atoms with van der Waals surface area (Å²) in [4.78, 5) is 14.0. The topological polar surface area (TPSA) is 20.3 Å². The van der Waals surface area contributed by atoms with Gasteiger partial charge in [0, 0.05) is 24.3 Å². The van der Waals surface area contributed by atoms with Crippen molar-refractivity contribution in [3.63, 3.8) is 0 Å². The predicted octanol–water partition coefficient (Wildman–Crippen LogP) is 2.56. The van der Waals surface area contributed by atoms with Crippen molar-refractivity contribution in [2.24, 2.45) is 5.92 Å². The first-order valence-corrected chi connectivity index (χ1v) is 6.79. The Morgan fingerprint density at radius 1 is 1.29 bits per heavy atom. The van der Waals surface area contributed by atoms with Crippen molar-refractivity contribution < 1.29 is 4.79 Å². The Bertz CT molecular complexity index is 211. The highest BCUT2D eigenvalue weighted by molar-refractivity contribution is 9.09. The molecule has 2 aliphatic rings. The Balaban J connectivity index is 1.79. The van der Waals surface area contributed by atoms with E-state index in [0.717, 1.165) is 18.3 Å². The maximum absolute atomic E-state index is 11.9. The van der Waals surface area contributed by atoms with Crippen LogP contribution in [0.1, 0.15) is 38.5 Å². The molecule has 0 spiro atoms. The molecule has 0 bridgehead atoms. The molecule has 3 heteroatoms. The summed E-state index contributed by atoms with van der Waals surface area (Å²) in [5, 5.41) is 0.917. The molecule has 0 radical (unpaired) electrons. The van der Waals surface area contributed by atoms with Gasteiger partial charge in [0.2, 0.25) is 5.91 Å². The number of rotatable bonds is 5. The first-order valence-electron chi connectivity index (χ1n) is 5.66. The zero-order chi connectivity index (χ0) is 9.97. The molecule has 0 N–H and O–H groups in total. The van der Waals surface area contributed by atoms with Crippen molar-refractivity contribution in [2.75, 3.05) is 11.9 Å². The molecule has 80 valence electrons. The van der Waals surface area contributed by atoms with E-state index in [1.54, 1.807) is 0 Å². The van der Waals surface area contributed by atoms with Gasteiger partial charge < -0.3 is 4.90 Å². The first kappa shape index (κ1) is 10.5. The van der Waals surface area contributed by atoms with Crippen LogP contribution in [-0.4, -0.2) is 28.7 Å². The largest absolute Gasteiger partial charge is 0.339 e. The average molecular weight is 260 g/mol. The van der Waals surface area contributed by atoms with Gasteiger partial charge in [-0.15, -0.1) is 0 Å². The van der Waals surface area contributed by atoms with E-state index in [9.17, 15) is 4.79 Å². The molecule has 0 aromatic heterocycles. The number of carbonyl (C=O) groups is 1. The maximum Gasteiger partial charge on any atom is 0.223 e. The van der Waals surface area contributed by atoms with Crippen LogP contribution in [0.25, 0.3) is 0 Å². The molecule has 14 heavy (non-hydrogen) atoms. The molecule has 0 heterocycles. The minimum Gasteiger partial charge on any atom is -0.339 e. The Labute approximate surface area is 94.2 Å². The highest BCUT2D eigenvalue weighted by atomic mass is 79.9. The van der Waals surface area contributed by atoms with Crippen molar-refractivity contribution in [1.82, 2.24) is 4.90 Å². The lowest BCUT2D eigenvalue weighted by molar-refractivity contribution is -0.133. The molecule has 2 saturated carbocycles. The van der Waals surface area contributed by atoms with Gasteiger partial charge in [-0.1, -0.05) is 22.4 Å². The van der Waals surface area contributed by atoms with E-state index >= 15 is 0 Å². The summed E-state index contributed by atoms with van der Waals surface area (Å²) in [6.07, 6.45) is 7.15. The van der Waals surface area contributed by atoms with Gasteiger partial charge in [-0.05, 0) is 31.6 Å². The SMILES string of the molecule is O=C(CC1CCC1)N(CCBr)C1CC1. The number of carbonyl (C=O) groups excluding carboxylic acids is 1. The van der Waals surface area contributed by atoms with Gasteiger partial charge in [-0.25, -0.2) is 0 Å². The fourth-order valence-corrected chi connectivity index (χ4v) is 2.43. The first-order chi connectivity index (χ1) is 6.81. The lowest BCUT2D eigenvalue weighted by Gasteiger charge is -2.28. The Morgan fingerprint density at radius 3 is 2.43 bits per heavy atom. The highest BCUT2D eigenvalue weighted by Crippen LogP contribution is 2.32. The molecule has 0 aromatic carbocycles. The molecule has 0 unspecified atom stereocenters. The number of nitrogens with zero attached hydrogens (tertiary/aromatic N) is 1. The Hall–Kier alpha value is -0.0500. The average Bonchev–Trinajstić information content (AvgIpc) is 2.90. The van der Waals surface area contributed by atoms with Crippen LogP contribution >= 0.6 is 15.9 Å². The molecule has 2 aliphatic carbocycles. The standard InChI is InChI=1S/C11H18BrNO/c12-6-7-13(10-4-5-10)11(14)8-9-2-1-3-9/h9-10H,1-8H2. The minimum atomic E-state index is 0.400. The molecular formula is C11H18BrNO. The fraction of sp³-hybridized carbons (Fsp3) is 0.909. The Kier molecular flexibility index (Phi) is 3.47. The van der Waals surface area contributed by atoms with E-state index < -0.39 is 0 Å². The number of halogens is 1.